The van der Waals surface area contributed by atoms with E-state index in [4.69, 9.17) is 10.5 Å². The smallest absolute Gasteiger partial charge is 0.337 e. The van der Waals surface area contributed by atoms with Crippen molar-refractivity contribution >= 4 is 17.3 Å². The van der Waals surface area contributed by atoms with Crippen molar-refractivity contribution in [1.82, 2.24) is 0 Å². The van der Waals surface area contributed by atoms with E-state index < -0.39 is 0 Å². The Morgan fingerprint density at radius 2 is 2.26 bits per heavy atom. The van der Waals surface area contributed by atoms with E-state index in [1.54, 1.807) is 18.2 Å². The van der Waals surface area contributed by atoms with Gasteiger partial charge >= 0.3 is 5.97 Å². The van der Waals surface area contributed by atoms with Crippen molar-refractivity contribution < 1.29 is 14.3 Å². The van der Waals surface area contributed by atoms with Crippen molar-refractivity contribution in [3.8, 4) is 0 Å². The lowest BCUT2D eigenvalue weighted by Crippen LogP contribution is -2.24. The van der Waals surface area contributed by atoms with Crippen LogP contribution in [0.5, 0.6) is 0 Å². The Morgan fingerprint density at radius 3 is 2.89 bits per heavy atom. The Kier molecular flexibility index (Phi) is 4.63. The van der Waals surface area contributed by atoms with E-state index in [9.17, 15) is 4.79 Å². The number of hydrogen-bond acceptors (Lipinski definition) is 5. The van der Waals surface area contributed by atoms with Crippen LogP contribution in [0.15, 0.2) is 18.2 Å². The van der Waals surface area contributed by atoms with Gasteiger partial charge in [-0.15, -0.1) is 0 Å². The monoisotopic (exact) mass is 264 g/mol. The van der Waals surface area contributed by atoms with Crippen LogP contribution in [0.2, 0.25) is 0 Å². The van der Waals surface area contributed by atoms with Gasteiger partial charge in [0, 0.05) is 6.54 Å². The number of anilines is 2. The molecule has 0 heterocycles. The maximum atomic E-state index is 11.4. The molecule has 1 fully saturated rings. The molecular formula is C14H20N2O3. The molecule has 1 aromatic carbocycles. The second kappa shape index (κ2) is 6.43. The Morgan fingerprint density at radius 1 is 1.47 bits per heavy atom. The van der Waals surface area contributed by atoms with Gasteiger partial charge in [-0.1, -0.05) is 0 Å². The highest BCUT2D eigenvalue weighted by molar-refractivity contribution is 5.91. The molecule has 0 aromatic heterocycles. The van der Waals surface area contributed by atoms with E-state index in [1.165, 1.54) is 26.4 Å². The molecule has 5 heteroatoms. The van der Waals surface area contributed by atoms with Gasteiger partial charge in [0.15, 0.2) is 0 Å². The maximum absolute atomic E-state index is 11.4. The molecule has 1 saturated carbocycles. The highest BCUT2D eigenvalue weighted by Crippen LogP contribution is 2.22. The molecule has 1 aliphatic rings. The normalized spacial score (nSPS) is 14.8. The SMILES string of the molecule is COC(=O)c1ccc(N)c(NCCOC2CCC2)c1. The highest BCUT2D eigenvalue weighted by atomic mass is 16.5. The third kappa shape index (κ3) is 3.61. The summed E-state index contributed by atoms with van der Waals surface area (Å²) < 4.78 is 10.3. The zero-order valence-corrected chi connectivity index (χ0v) is 11.1. The summed E-state index contributed by atoms with van der Waals surface area (Å²) in [6, 6.07) is 5.04. The first kappa shape index (κ1) is 13.7. The summed E-state index contributed by atoms with van der Waals surface area (Å²) in [5.74, 6) is -0.367. The number of methoxy groups -OCH3 is 1. The van der Waals surface area contributed by atoms with Gasteiger partial charge in [-0.25, -0.2) is 4.79 Å². The molecule has 0 spiro atoms. The molecule has 0 unspecified atom stereocenters. The second-order valence-corrected chi connectivity index (χ2v) is 4.64. The summed E-state index contributed by atoms with van der Waals surface area (Å²) in [6.45, 7) is 1.32. The van der Waals surface area contributed by atoms with Crippen molar-refractivity contribution in [1.29, 1.82) is 0 Å². The molecule has 0 saturated heterocycles. The van der Waals surface area contributed by atoms with Gasteiger partial charge in [0.1, 0.15) is 0 Å². The van der Waals surface area contributed by atoms with E-state index >= 15 is 0 Å². The molecule has 0 bridgehead atoms. The van der Waals surface area contributed by atoms with Gasteiger partial charge in [-0.05, 0) is 37.5 Å². The van der Waals surface area contributed by atoms with E-state index in [0.29, 0.717) is 30.5 Å². The summed E-state index contributed by atoms with van der Waals surface area (Å²) in [4.78, 5) is 11.4. The van der Waals surface area contributed by atoms with E-state index in [1.807, 2.05) is 0 Å². The average Bonchev–Trinajstić information content (AvgIpc) is 2.37. The standard InChI is InChI=1S/C14H20N2O3/c1-18-14(17)10-5-6-12(15)13(9-10)16-7-8-19-11-3-2-4-11/h5-6,9,11,16H,2-4,7-8,15H2,1H3. The number of esters is 1. The van der Waals surface area contributed by atoms with Gasteiger partial charge in [0.2, 0.25) is 0 Å². The molecule has 0 amide bonds. The third-order valence-corrected chi connectivity index (χ3v) is 3.30. The number of carbonyl (C=O) groups is 1. The van der Waals surface area contributed by atoms with Crippen LogP contribution in [0, 0.1) is 0 Å². The van der Waals surface area contributed by atoms with Crippen molar-refractivity contribution in [2.45, 2.75) is 25.4 Å². The fourth-order valence-electron chi connectivity index (χ4n) is 1.90. The Labute approximate surface area is 113 Å². The molecule has 104 valence electrons. The minimum Gasteiger partial charge on any atom is -0.465 e. The summed E-state index contributed by atoms with van der Waals surface area (Å²) in [5.41, 5.74) is 7.68. The average molecular weight is 264 g/mol. The summed E-state index contributed by atoms with van der Waals surface area (Å²) in [5, 5.41) is 3.18. The van der Waals surface area contributed by atoms with Crippen LogP contribution in [0.25, 0.3) is 0 Å². The third-order valence-electron chi connectivity index (χ3n) is 3.30. The second-order valence-electron chi connectivity index (χ2n) is 4.64. The first-order valence-corrected chi connectivity index (χ1v) is 6.54. The lowest BCUT2D eigenvalue weighted by Gasteiger charge is -2.25. The predicted molar refractivity (Wildman–Crippen MR) is 74.3 cm³/mol. The van der Waals surface area contributed by atoms with E-state index in [0.717, 1.165) is 5.69 Å². The highest BCUT2D eigenvalue weighted by Gasteiger charge is 2.17. The van der Waals surface area contributed by atoms with Crippen molar-refractivity contribution in [3.05, 3.63) is 23.8 Å². The number of nitrogens with two attached hydrogens (primary N) is 1. The largest absolute Gasteiger partial charge is 0.465 e. The molecule has 3 N–H and O–H groups in total. The molecule has 0 atom stereocenters. The van der Waals surface area contributed by atoms with Gasteiger partial charge in [-0.2, -0.15) is 0 Å². The van der Waals surface area contributed by atoms with Crippen molar-refractivity contribution in [2.24, 2.45) is 0 Å². The Bertz CT molecular complexity index is 444. The molecule has 19 heavy (non-hydrogen) atoms. The minimum absolute atomic E-state index is 0.367. The molecule has 0 radical (unpaired) electrons. The van der Waals surface area contributed by atoms with Gasteiger partial charge in [0.05, 0.1) is 36.8 Å². The van der Waals surface area contributed by atoms with Gasteiger partial charge < -0.3 is 20.5 Å². The molecule has 1 aromatic rings. The summed E-state index contributed by atoms with van der Waals surface area (Å²) in [7, 11) is 1.36. The fourth-order valence-corrected chi connectivity index (χ4v) is 1.90. The fraction of sp³-hybridized carbons (Fsp3) is 0.500. The number of ether oxygens (including phenoxy) is 2. The topological polar surface area (TPSA) is 73.6 Å². The number of nitrogens with one attached hydrogen (secondary N) is 1. The number of benzene rings is 1. The maximum Gasteiger partial charge on any atom is 0.337 e. The van der Waals surface area contributed by atoms with Crippen LogP contribution < -0.4 is 11.1 Å². The van der Waals surface area contributed by atoms with Crippen LogP contribution in [-0.2, 0) is 9.47 Å². The van der Waals surface area contributed by atoms with Crippen molar-refractivity contribution in [2.75, 3.05) is 31.3 Å². The molecule has 0 aliphatic heterocycles. The lowest BCUT2D eigenvalue weighted by molar-refractivity contribution is 0.00813. The first-order chi connectivity index (χ1) is 9.20. The van der Waals surface area contributed by atoms with E-state index in [2.05, 4.69) is 10.1 Å². The number of carbonyl (C=O) groups excluding carboxylic acids is 1. The van der Waals surface area contributed by atoms with Crippen LogP contribution in [0.4, 0.5) is 11.4 Å². The Balaban J connectivity index is 1.85. The molecular weight excluding hydrogens is 244 g/mol. The predicted octanol–water partition coefficient (Wildman–Crippen LogP) is 2.04. The van der Waals surface area contributed by atoms with Crippen LogP contribution >= 0.6 is 0 Å². The minimum atomic E-state index is -0.367. The summed E-state index contributed by atoms with van der Waals surface area (Å²) >= 11 is 0. The van der Waals surface area contributed by atoms with Gasteiger partial charge in [0.25, 0.3) is 0 Å². The van der Waals surface area contributed by atoms with E-state index in [-0.39, 0.29) is 5.97 Å². The quantitative estimate of drug-likeness (QED) is 0.467. The van der Waals surface area contributed by atoms with Crippen LogP contribution in [0.3, 0.4) is 0 Å². The number of rotatable bonds is 6. The number of hydrogen-bond donors (Lipinski definition) is 2. The Hall–Kier alpha value is -1.75. The van der Waals surface area contributed by atoms with Crippen LogP contribution in [0.1, 0.15) is 29.6 Å². The summed E-state index contributed by atoms with van der Waals surface area (Å²) in [6.07, 6.45) is 4.03. The van der Waals surface area contributed by atoms with Gasteiger partial charge in [-0.3, -0.25) is 0 Å². The molecule has 2 rings (SSSR count). The van der Waals surface area contributed by atoms with Crippen molar-refractivity contribution in [3.63, 3.8) is 0 Å². The molecule has 1 aliphatic carbocycles. The zero-order valence-electron chi connectivity index (χ0n) is 11.1. The first-order valence-electron chi connectivity index (χ1n) is 6.54. The van der Waals surface area contributed by atoms with Crippen LogP contribution in [-0.4, -0.2) is 32.3 Å². The zero-order chi connectivity index (χ0) is 13.7. The molecule has 5 nitrogen and oxygen atoms in total. The lowest BCUT2D eigenvalue weighted by atomic mass is 9.96. The number of nitrogen functional groups attached to an aromatic ring is 1.